The van der Waals surface area contributed by atoms with E-state index < -0.39 is 0 Å². The SMILES string of the molecule is C/C(=N\NC(=O)CCC(=O)Nc1ccc(Cl)cc1Cl)c1ccc(-c2ccccc2)cc1. The second-order valence-corrected chi connectivity index (χ2v) is 7.69. The molecule has 0 saturated heterocycles. The highest BCUT2D eigenvalue weighted by atomic mass is 35.5. The summed E-state index contributed by atoms with van der Waals surface area (Å²) in [6, 6.07) is 22.8. The van der Waals surface area contributed by atoms with Crippen LogP contribution in [-0.2, 0) is 9.59 Å². The van der Waals surface area contributed by atoms with E-state index >= 15 is 0 Å². The van der Waals surface area contributed by atoms with Crippen LogP contribution in [0.5, 0.6) is 0 Å². The van der Waals surface area contributed by atoms with E-state index in [0.29, 0.717) is 21.4 Å². The Morgan fingerprint density at radius 3 is 2.16 bits per heavy atom. The summed E-state index contributed by atoms with van der Waals surface area (Å²) in [6.45, 7) is 1.81. The summed E-state index contributed by atoms with van der Waals surface area (Å²) in [6.07, 6.45) is 0.00585. The number of halogens is 2. The van der Waals surface area contributed by atoms with E-state index in [0.717, 1.165) is 16.7 Å². The van der Waals surface area contributed by atoms with E-state index in [9.17, 15) is 9.59 Å². The van der Waals surface area contributed by atoms with E-state index in [2.05, 4.69) is 15.8 Å². The highest BCUT2D eigenvalue weighted by molar-refractivity contribution is 6.36. The number of hydrazone groups is 1. The molecule has 0 bridgehead atoms. The van der Waals surface area contributed by atoms with Crippen LogP contribution < -0.4 is 10.7 Å². The standard InChI is InChI=1S/C24H21Cl2N3O2/c1-16(17-7-9-19(10-8-17)18-5-3-2-4-6-18)28-29-24(31)14-13-23(30)27-22-12-11-20(25)15-21(22)26/h2-12,15H,13-14H2,1H3,(H,27,30)(H,29,31)/b28-16+. The molecule has 2 N–H and O–H groups in total. The van der Waals surface area contributed by atoms with E-state index in [1.54, 1.807) is 12.1 Å². The maximum atomic E-state index is 12.0. The van der Waals surface area contributed by atoms with Crippen LogP contribution in [0.15, 0.2) is 77.9 Å². The molecule has 0 unspecified atom stereocenters. The molecule has 0 spiro atoms. The molecule has 3 aromatic carbocycles. The van der Waals surface area contributed by atoms with Gasteiger partial charge in [0, 0.05) is 17.9 Å². The van der Waals surface area contributed by atoms with Gasteiger partial charge in [-0.3, -0.25) is 9.59 Å². The van der Waals surface area contributed by atoms with Gasteiger partial charge in [-0.25, -0.2) is 5.43 Å². The molecular weight excluding hydrogens is 433 g/mol. The molecule has 3 aromatic rings. The van der Waals surface area contributed by atoms with Crippen LogP contribution in [0.2, 0.25) is 10.0 Å². The molecule has 0 atom stereocenters. The lowest BCUT2D eigenvalue weighted by Crippen LogP contribution is -2.21. The molecule has 0 heterocycles. The lowest BCUT2D eigenvalue weighted by atomic mass is 10.0. The number of hydrogen-bond donors (Lipinski definition) is 2. The van der Waals surface area contributed by atoms with Gasteiger partial charge in [0.2, 0.25) is 11.8 Å². The second-order valence-electron chi connectivity index (χ2n) is 6.85. The van der Waals surface area contributed by atoms with Crippen molar-refractivity contribution in [1.29, 1.82) is 0 Å². The number of carbonyl (C=O) groups is 2. The minimum atomic E-state index is -0.349. The fraction of sp³-hybridized carbons (Fsp3) is 0.125. The zero-order chi connectivity index (χ0) is 22.2. The molecular formula is C24H21Cl2N3O2. The van der Waals surface area contributed by atoms with Crippen LogP contribution >= 0.6 is 23.2 Å². The predicted molar refractivity (Wildman–Crippen MR) is 127 cm³/mol. The third-order valence-electron chi connectivity index (χ3n) is 4.54. The first kappa shape index (κ1) is 22.5. The van der Waals surface area contributed by atoms with E-state index in [4.69, 9.17) is 23.2 Å². The number of hydrogen-bond acceptors (Lipinski definition) is 3. The van der Waals surface area contributed by atoms with Crippen molar-refractivity contribution < 1.29 is 9.59 Å². The van der Waals surface area contributed by atoms with Crippen molar-refractivity contribution in [3.05, 3.63) is 88.4 Å². The van der Waals surface area contributed by atoms with Gasteiger partial charge < -0.3 is 5.32 Å². The number of carbonyl (C=O) groups excluding carboxylic acids is 2. The smallest absolute Gasteiger partial charge is 0.240 e. The predicted octanol–water partition coefficient (Wildman–Crippen LogP) is 5.92. The number of nitrogens with zero attached hydrogens (tertiary/aromatic N) is 1. The zero-order valence-electron chi connectivity index (χ0n) is 16.9. The molecule has 0 radical (unpaired) electrons. The van der Waals surface area contributed by atoms with Crippen molar-refractivity contribution in [2.75, 3.05) is 5.32 Å². The molecule has 0 aliphatic heterocycles. The van der Waals surface area contributed by atoms with Crippen LogP contribution in [0.3, 0.4) is 0 Å². The average molecular weight is 454 g/mol. The van der Waals surface area contributed by atoms with Gasteiger partial charge in [0.25, 0.3) is 0 Å². The van der Waals surface area contributed by atoms with Gasteiger partial charge in [0.15, 0.2) is 0 Å². The van der Waals surface area contributed by atoms with Crippen LogP contribution in [-0.4, -0.2) is 17.5 Å². The van der Waals surface area contributed by atoms with Gasteiger partial charge >= 0.3 is 0 Å². The fourth-order valence-electron chi connectivity index (χ4n) is 2.83. The van der Waals surface area contributed by atoms with Gasteiger partial charge in [0.05, 0.1) is 16.4 Å². The van der Waals surface area contributed by atoms with Gasteiger partial charge in [-0.1, -0.05) is 77.8 Å². The number of nitrogens with one attached hydrogen (secondary N) is 2. The molecule has 0 fully saturated rings. The second kappa shape index (κ2) is 10.8. The van der Waals surface area contributed by atoms with E-state index in [1.807, 2.05) is 61.5 Å². The summed E-state index contributed by atoms with van der Waals surface area (Å²) in [7, 11) is 0. The molecule has 0 aliphatic rings. The summed E-state index contributed by atoms with van der Waals surface area (Å²) in [5.41, 5.74) is 6.75. The third-order valence-corrected chi connectivity index (χ3v) is 5.09. The molecule has 158 valence electrons. The Labute approximate surface area is 191 Å². The minimum Gasteiger partial charge on any atom is -0.325 e. The maximum Gasteiger partial charge on any atom is 0.240 e. The fourth-order valence-corrected chi connectivity index (χ4v) is 3.29. The summed E-state index contributed by atoms with van der Waals surface area (Å²) in [4.78, 5) is 24.1. The third kappa shape index (κ3) is 6.67. The summed E-state index contributed by atoms with van der Waals surface area (Å²) >= 11 is 11.9. The normalized spacial score (nSPS) is 11.1. The molecule has 7 heteroatoms. The number of benzene rings is 3. The minimum absolute atomic E-state index is 0.000761. The van der Waals surface area contributed by atoms with Crippen molar-refractivity contribution in [3.63, 3.8) is 0 Å². The van der Waals surface area contributed by atoms with Crippen LogP contribution in [0.1, 0.15) is 25.3 Å². The number of rotatable bonds is 7. The number of amides is 2. The molecule has 2 amide bonds. The van der Waals surface area contributed by atoms with Gasteiger partial charge in [0.1, 0.15) is 0 Å². The molecule has 0 saturated carbocycles. The highest BCUT2D eigenvalue weighted by Gasteiger charge is 2.09. The first-order valence-electron chi connectivity index (χ1n) is 9.66. The summed E-state index contributed by atoms with van der Waals surface area (Å²) in [5, 5.41) is 7.60. The van der Waals surface area contributed by atoms with Crippen molar-refractivity contribution >= 4 is 46.4 Å². The molecule has 0 aromatic heterocycles. The Hall–Kier alpha value is -3.15. The van der Waals surface area contributed by atoms with Crippen molar-refractivity contribution in [1.82, 2.24) is 5.43 Å². The lowest BCUT2D eigenvalue weighted by Gasteiger charge is -2.07. The molecule has 0 aliphatic carbocycles. The Morgan fingerprint density at radius 2 is 1.48 bits per heavy atom. The maximum absolute atomic E-state index is 12.0. The Bertz CT molecular complexity index is 1100. The Kier molecular flexibility index (Phi) is 7.82. The lowest BCUT2D eigenvalue weighted by molar-refractivity contribution is -0.124. The number of anilines is 1. The first-order valence-corrected chi connectivity index (χ1v) is 10.4. The van der Waals surface area contributed by atoms with Crippen molar-refractivity contribution in [3.8, 4) is 11.1 Å². The highest BCUT2D eigenvalue weighted by Crippen LogP contribution is 2.25. The van der Waals surface area contributed by atoms with E-state index in [-0.39, 0.29) is 24.7 Å². The molecule has 3 rings (SSSR count). The molecule has 31 heavy (non-hydrogen) atoms. The van der Waals surface area contributed by atoms with Crippen LogP contribution in [0, 0.1) is 0 Å². The van der Waals surface area contributed by atoms with Gasteiger partial charge in [-0.15, -0.1) is 0 Å². The van der Waals surface area contributed by atoms with Crippen molar-refractivity contribution in [2.45, 2.75) is 19.8 Å². The van der Waals surface area contributed by atoms with Crippen molar-refractivity contribution in [2.24, 2.45) is 5.10 Å². The average Bonchev–Trinajstić information content (AvgIpc) is 2.78. The quantitative estimate of drug-likeness (QED) is 0.344. The summed E-state index contributed by atoms with van der Waals surface area (Å²) in [5.74, 6) is -0.672. The summed E-state index contributed by atoms with van der Waals surface area (Å²) < 4.78 is 0. The topological polar surface area (TPSA) is 70.6 Å². The largest absolute Gasteiger partial charge is 0.325 e. The Morgan fingerprint density at radius 1 is 0.839 bits per heavy atom. The van der Waals surface area contributed by atoms with Crippen LogP contribution in [0.4, 0.5) is 5.69 Å². The Balaban J connectivity index is 1.49. The van der Waals surface area contributed by atoms with Crippen LogP contribution in [0.25, 0.3) is 11.1 Å². The van der Waals surface area contributed by atoms with Gasteiger partial charge in [-0.05, 0) is 41.8 Å². The zero-order valence-corrected chi connectivity index (χ0v) is 18.4. The van der Waals surface area contributed by atoms with Gasteiger partial charge in [-0.2, -0.15) is 5.10 Å². The van der Waals surface area contributed by atoms with E-state index in [1.165, 1.54) is 6.07 Å². The first-order chi connectivity index (χ1) is 14.9. The monoisotopic (exact) mass is 453 g/mol. The molecule has 5 nitrogen and oxygen atoms in total.